The molecule has 5 heteroatoms. The van der Waals surface area contributed by atoms with Crippen LogP contribution in [0.2, 0.25) is 0 Å². The maximum atomic E-state index is 12.6. The van der Waals surface area contributed by atoms with Crippen LogP contribution in [-0.4, -0.2) is 18.0 Å². The number of carbonyl (C=O) groups is 1. The predicted molar refractivity (Wildman–Crippen MR) is 103 cm³/mol. The molecule has 0 aliphatic carbocycles. The largest absolute Gasteiger partial charge is 0.496 e. The summed E-state index contributed by atoms with van der Waals surface area (Å²) in [7, 11) is 1.58. The number of hydrogen-bond donors (Lipinski definition) is 2. The molecular weight excluding hydrogens is 328 g/mol. The SMILES string of the molecule is COc1cc(NC(=O)c2c[nH]c3ccccc3c2=O)cc2ccccc12. The molecule has 3 aromatic carbocycles. The Labute approximate surface area is 149 Å². The third-order valence-corrected chi connectivity index (χ3v) is 4.33. The fourth-order valence-corrected chi connectivity index (χ4v) is 3.05. The second-order valence-electron chi connectivity index (χ2n) is 5.93. The minimum atomic E-state index is -0.464. The van der Waals surface area contributed by atoms with Crippen LogP contribution in [0.25, 0.3) is 21.7 Å². The minimum Gasteiger partial charge on any atom is -0.496 e. The number of hydrogen-bond acceptors (Lipinski definition) is 3. The number of ether oxygens (including phenoxy) is 1. The molecule has 26 heavy (non-hydrogen) atoms. The van der Waals surface area contributed by atoms with Gasteiger partial charge < -0.3 is 15.0 Å². The molecule has 0 aliphatic heterocycles. The van der Waals surface area contributed by atoms with Crippen molar-refractivity contribution in [2.45, 2.75) is 0 Å². The van der Waals surface area contributed by atoms with E-state index in [1.54, 1.807) is 31.4 Å². The van der Waals surface area contributed by atoms with Crippen LogP contribution >= 0.6 is 0 Å². The average Bonchev–Trinajstić information content (AvgIpc) is 2.67. The lowest BCUT2D eigenvalue weighted by Gasteiger charge is -2.11. The van der Waals surface area contributed by atoms with Crippen LogP contribution in [0.3, 0.4) is 0 Å². The van der Waals surface area contributed by atoms with Crippen molar-refractivity contribution < 1.29 is 9.53 Å². The topological polar surface area (TPSA) is 71.2 Å². The number of fused-ring (bicyclic) bond motifs is 2. The number of carbonyl (C=O) groups excluding carboxylic acids is 1. The van der Waals surface area contributed by atoms with Crippen molar-refractivity contribution in [3.63, 3.8) is 0 Å². The Morgan fingerprint density at radius 1 is 1.00 bits per heavy atom. The number of methoxy groups -OCH3 is 1. The van der Waals surface area contributed by atoms with Crippen LogP contribution in [0.4, 0.5) is 5.69 Å². The lowest BCUT2D eigenvalue weighted by molar-refractivity contribution is 0.102. The van der Waals surface area contributed by atoms with Gasteiger partial charge in [0.1, 0.15) is 11.3 Å². The summed E-state index contributed by atoms with van der Waals surface area (Å²) in [4.78, 5) is 28.2. The Morgan fingerprint density at radius 2 is 1.73 bits per heavy atom. The van der Waals surface area contributed by atoms with Crippen molar-refractivity contribution in [1.82, 2.24) is 4.98 Å². The first kappa shape index (κ1) is 15.9. The second-order valence-corrected chi connectivity index (χ2v) is 5.93. The van der Waals surface area contributed by atoms with Gasteiger partial charge >= 0.3 is 0 Å². The smallest absolute Gasteiger partial charge is 0.261 e. The molecule has 2 N–H and O–H groups in total. The zero-order valence-corrected chi connectivity index (χ0v) is 14.1. The molecule has 5 nitrogen and oxygen atoms in total. The van der Waals surface area contributed by atoms with Crippen molar-refractivity contribution >= 4 is 33.3 Å². The zero-order valence-electron chi connectivity index (χ0n) is 14.1. The van der Waals surface area contributed by atoms with E-state index in [0.29, 0.717) is 22.3 Å². The Hall–Kier alpha value is -3.60. The van der Waals surface area contributed by atoms with Crippen molar-refractivity contribution in [3.8, 4) is 5.75 Å². The van der Waals surface area contributed by atoms with Crippen molar-refractivity contribution in [2.24, 2.45) is 0 Å². The van der Waals surface area contributed by atoms with Gasteiger partial charge in [0.2, 0.25) is 5.43 Å². The van der Waals surface area contributed by atoms with Crippen LogP contribution in [0.15, 0.2) is 71.7 Å². The number of para-hydroxylation sites is 1. The van der Waals surface area contributed by atoms with Gasteiger partial charge in [0, 0.05) is 34.2 Å². The number of nitrogens with one attached hydrogen (secondary N) is 2. The lowest BCUT2D eigenvalue weighted by Crippen LogP contribution is -2.21. The summed E-state index contributed by atoms with van der Waals surface area (Å²) in [6.07, 6.45) is 1.44. The molecule has 1 heterocycles. The summed E-state index contributed by atoms with van der Waals surface area (Å²) < 4.78 is 5.42. The Morgan fingerprint density at radius 3 is 2.54 bits per heavy atom. The second kappa shape index (κ2) is 6.37. The molecule has 128 valence electrons. The highest BCUT2D eigenvalue weighted by Crippen LogP contribution is 2.29. The molecule has 0 aliphatic rings. The number of anilines is 1. The van der Waals surface area contributed by atoms with Gasteiger partial charge in [0.15, 0.2) is 0 Å². The molecule has 0 spiro atoms. The average molecular weight is 344 g/mol. The summed E-state index contributed by atoms with van der Waals surface area (Å²) in [6, 6.07) is 18.4. The molecule has 0 atom stereocenters. The van der Waals surface area contributed by atoms with Crippen LogP contribution in [0, 0.1) is 0 Å². The fourth-order valence-electron chi connectivity index (χ4n) is 3.05. The zero-order chi connectivity index (χ0) is 18.1. The Kier molecular flexibility index (Phi) is 3.89. The molecule has 1 aromatic heterocycles. The molecule has 4 aromatic rings. The molecule has 0 fully saturated rings. The molecule has 0 saturated heterocycles. The third kappa shape index (κ3) is 2.69. The van der Waals surface area contributed by atoms with E-state index in [1.807, 2.05) is 36.4 Å². The summed E-state index contributed by atoms with van der Waals surface area (Å²) in [6.45, 7) is 0. The normalized spacial score (nSPS) is 10.8. The molecular formula is C21H16N2O3. The number of H-pyrrole nitrogens is 1. The van der Waals surface area contributed by atoms with E-state index in [9.17, 15) is 9.59 Å². The van der Waals surface area contributed by atoms with Crippen molar-refractivity contribution in [3.05, 3.63) is 82.6 Å². The first-order valence-electron chi connectivity index (χ1n) is 8.16. The first-order valence-corrected chi connectivity index (χ1v) is 8.16. The van der Waals surface area contributed by atoms with E-state index in [1.165, 1.54) is 6.20 Å². The maximum Gasteiger partial charge on any atom is 0.261 e. The highest BCUT2D eigenvalue weighted by Gasteiger charge is 2.14. The summed E-state index contributed by atoms with van der Waals surface area (Å²) >= 11 is 0. The van der Waals surface area contributed by atoms with Gasteiger partial charge in [-0.05, 0) is 23.6 Å². The quantitative estimate of drug-likeness (QED) is 0.591. The van der Waals surface area contributed by atoms with Gasteiger partial charge in [-0.25, -0.2) is 0 Å². The van der Waals surface area contributed by atoms with Gasteiger partial charge in [-0.15, -0.1) is 0 Å². The Balaban J connectivity index is 1.74. The molecule has 4 rings (SSSR count). The van der Waals surface area contributed by atoms with E-state index in [-0.39, 0.29) is 11.0 Å². The van der Waals surface area contributed by atoms with E-state index >= 15 is 0 Å². The number of benzene rings is 3. The van der Waals surface area contributed by atoms with Crippen LogP contribution in [0.5, 0.6) is 5.75 Å². The molecule has 0 unspecified atom stereocenters. The van der Waals surface area contributed by atoms with Gasteiger partial charge in [-0.1, -0.05) is 36.4 Å². The van der Waals surface area contributed by atoms with Crippen molar-refractivity contribution in [1.29, 1.82) is 0 Å². The van der Waals surface area contributed by atoms with Gasteiger partial charge in [-0.2, -0.15) is 0 Å². The van der Waals surface area contributed by atoms with Gasteiger partial charge in [0.25, 0.3) is 5.91 Å². The number of aromatic nitrogens is 1. The van der Waals surface area contributed by atoms with Crippen LogP contribution in [-0.2, 0) is 0 Å². The fraction of sp³-hybridized carbons (Fsp3) is 0.0476. The Bertz CT molecular complexity index is 1190. The van der Waals surface area contributed by atoms with Gasteiger partial charge in [0.05, 0.1) is 7.11 Å². The van der Waals surface area contributed by atoms with E-state index in [4.69, 9.17) is 4.74 Å². The maximum absolute atomic E-state index is 12.6. The van der Waals surface area contributed by atoms with E-state index in [2.05, 4.69) is 10.3 Å². The number of amides is 1. The predicted octanol–water partition coefficient (Wildman–Crippen LogP) is 3.94. The summed E-state index contributed by atoms with van der Waals surface area (Å²) in [5.41, 5.74) is 1.03. The van der Waals surface area contributed by atoms with Crippen molar-refractivity contribution in [2.75, 3.05) is 12.4 Å². The number of pyridine rings is 1. The van der Waals surface area contributed by atoms with E-state index < -0.39 is 5.91 Å². The highest BCUT2D eigenvalue weighted by molar-refractivity contribution is 6.07. The molecule has 0 saturated carbocycles. The monoisotopic (exact) mass is 344 g/mol. The highest BCUT2D eigenvalue weighted by atomic mass is 16.5. The van der Waals surface area contributed by atoms with Gasteiger partial charge in [-0.3, -0.25) is 9.59 Å². The number of rotatable bonds is 3. The molecule has 0 radical (unpaired) electrons. The lowest BCUT2D eigenvalue weighted by atomic mass is 10.1. The molecule has 1 amide bonds. The first-order chi connectivity index (χ1) is 12.7. The van der Waals surface area contributed by atoms with E-state index in [0.717, 1.165) is 10.8 Å². The van der Waals surface area contributed by atoms with Crippen LogP contribution < -0.4 is 15.5 Å². The number of aromatic amines is 1. The minimum absolute atomic E-state index is 0.0656. The molecule has 0 bridgehead atoms. The van der Waals surface area contributed by atoms with Crippen LogP contribution in [0.1, 0.15) is 10.4 Å². The summed E-state index contributed by atoms with van der Waals surface area (Å²) in [5, 5.41) is 5.17. The standard InChI is InChI=1S/C21H16N2O3/c1-26-19-11-14(10-13-6-2-3-7-15(13)19)23-21(25)17-12-22-18-9-5-4-8-16(18)20(17)24/h2-12H,1H3,(H,22,24)(H,23,25). The third-order valence-electron chi connectivity index (χ3n) is 4.33. The summed E-state index contributed by atoms with van der Waals surface area (Å²) in [5.74, 6) is 0.195.